The summed E-state index contributed by atoms with van der Waals surface area (Å²) in [4.78, 5) is 0. The summed E-state index contributed by atoms with van der Waals surface area (Å²) in [6.07, 6.45) is 7.34. The molecule has 4 rings (SSSR count). The second-order valence-electron chi connectivity index (χ2n) is 8.36. The standard InChI is InChI=1S/2C10H9.C4H8.H3Si.Zr/c2*1-8-6-9-4-2-3-5-10(9)7-8;1-3-4-2;;/h2*2-7H,1H3;1-4H2;1H3;. The minimum atomic E-state index is -2.53. The fourth-order valence-corrected chi connectivity index (χ4v) is 31.9. The molecule has 0 amide bonds. The van der Waals surface area contributed by atoms with Gasteiger partial charge in [-0.3, -0.25) is 0 Å². The normalized spacial score (nSPS) is 23.2. The summed E-state index contributed by atoms with van der Waals surface area (Å²) < 4.78 is 2.97. The molecule has 0 fully saturated rings. The van der Waals surface area contributed by atoms with Crippen LogP contribution in [0.2, 0.25) is 4.13 Å². The second-order valence-corrected chi connectivity index (χ2v) is 30.8. The van der Waals surface area contributed by atoms with Crippen molar-refractivity contribution in [1.82, 2.24) is 0 Å². The minimum absolute atomic E-state index is 0.748. The molecule has 2 heteroatoms. The van der Waals surface area contributed by atoms with Crippen molar-refractivity contribution >= 4 is 19.5 Å². The van der Waals surface area contributed by atoms with E-state index in [1.165, 1.54) is 29.0 Å². The van der Waals surface area contributed by atoms with Crippen LogP contribution >= 0.6 is 0 Å². The predicted molar refractivity (Wildman–Crippen MR) is 115 cm³/mol. The summed E-state index contributed by atoms with van der Waals surface area (Å²) in [5.41, 5.74) is 9.51. The molecule has 0 saturated carbocycles. The van der Waals surface area contributed by atoms with Gasteiger partial charge in [0.15, 0.2) is 0 Å². The van der Waals surface area contributed by atoms with Gasteiger partial charge in [-0.15, -0.1) is 0 Å². The van der Waals surface area contributed by atoms with Gasteiger partial charge in [-0.1, -0.05) is 0 Å². The van der Waals surface area contributed by atoms with Crippen LogP contribution in [0.1, 0.15) is 56.2 Å². The molecule has 0 heterocycles. The number of fused-ring (bicyclic) bond motifs is 2. The summed E-state index contributed by atoms with van der Waals surface area (Å²) in [7, 11) is 1.38. The quantitative estimate of drug-likeness (QED) is 0.522. The third-order valence-electron chi connectivity index (χ3n) is 6.58. The second kappa shape index (κ2) is 7.21. The molecule has 2 atom stereocenters. The van der Waals surface area contributed by atoms with Crippen molar-refractivity contribution in [3.63, 3.8) is 0 Å². The molecule has 2 unspecified atom stereocenters. The van der Waals surface area contributed by atoms with Crippen LogP contribution in [-0.4, -0.2) is 7.37 Å². The number of hydrogen-bond donors (Lipinski definition) is 0. The van der Waals surface area contributed by atoms with Crippen molar-refractivity contribution < 1.29 is 19.4 Å². The van der Waals surface area contributed by atoms with Crippen molar-refractivity contribution in [3.05, 3.63) is 88.9 Å². The maximum absolute atomic E-state index is 4.19. The molecular weight excluding hydrogens is 408 g/mol. The van der Waals surface area contributed by atoms with Crippen LogP contribution in [0.25, 0.3) is 12.2 Å². The first kappa shape index (κ1) is 18.4. The topological polar surface area (TPSA) is 0 Å². The van der Waals surface area contributed by atoms with Crippen molar-refractivity contribution in [2.24, 2.45) is 0 Å². The number of hydrogen-bond acceptors (Lipinski definition) is 0. The Bertz CT molecular complexity index is 825. The van der Waals surface area contributed by atoms with E-state index in [1.807, 2.05) is 0 Å². The Labute approximate surface area is 165 Å². The molecular formula is C24H29SiZr. The first-order valence-corrected chi connectivity index (χ1v) is 22.8. The zero-order chi connectivity index (χ0) is 18.3. The van der Waals surface area contributed by atoms with E-state index in [0.29, 0.717) is 0 Å². The molecule has 133 valence electrons. The Morgan fingerprint density at radius 2 is 1.31 bits per heavy atom. The van der Waals surface area contributed by atoms with E-state index in [9.17, 15) is 0 Å². The van der Waals surface area contributed by atoms with Gasteiger partial charge in [0.2, 0.25) is 0 Å². The molecule has 0 nitrogen and oxygen atoms in total. The van der Waals surface area contributed by atoms with Gasteiger partial charge in [-0.25, -0.2) is 0 Å². The molecule has 0 aliphatic heterocycles. The summed E-state index contributed by atoms with van der Waals surface area (Å²) in [6.45, 7) is 8.99. The van der Waals surface area contributed by atoms with E-state index in [0.717, 1.165) is 13.7 Å². The predicted octanol–water partition coefficient (Wildman–Crippen LogP) is 5.77. The zero-order valence-corrected chi connectivity index (χ0v) is 20.7. The van der Waals surface area contributed by atoms with Crippen LogP contribution in [0.15, 0.2) is 59.7 Å². The number of allylic oxidation sites excluding steroid dienone is 2. The third-order valence-corrected chi connectivity index (χ3v) is 30.1. The summed E-state index contributed by atoms with van der Waals surface area (Å²) in [6, 6.07) is 18.4. The SMILES string of the molecule is [CH2]CC[CH2][Zr]([SiH3])([CH]1C(C)=Cc2ccccc21)[CH]1C(C)=Cc2ccccc21. The van der Waals surface area contributed by atoms with E-state index in [1.54, 1.807) is 22.3 Å². The molecule has 2 aromatic rings. The molecule has 2 aromatic carbocycles. The van der Waals surface area contributed by atoms with Gasteiger partial charge in [-0.2, -0.15) is 0 Å². The van der Waals surface area contributed by atoms with Gasteiger partial charge in [0.25, 0.3) is 0 Å². The monoisotopic (exact) mass is 435 g/mol. The maximum atomic E-state index is 4.19. The Kier molecular flexibility index (Phi) is 5.10. The fraction of sp³-hybridized carbons (Fsp3) is 0.292. The molecule has 0 spiro atoms. The van der Waals surface area contributed by atoms with E-state index >= 15 is 0 Å². The summed E-state index contributed by atoms with van der Waals surface area (Å²) in [5, 5.41) is 0. The van der Waals surface area contributed by atoms with Crippen molar-refractivity contribution in [3.8, 4) is 0 Å². The number of unbranched alkanes of at least 4 members (excludes halogenated alkanes) is 1. The van der Waals surface area contributed by atoms with E-state index in [4.69, 9.17) is 0 Å². The average Bonchev–Trinajstić information content (AvgIpc) is 3.15. The van der Waals surface area contributed by atoms with E-state index in [-0.39, 0.29) is 0 Å². The Morgan fingerprint density at radius 1 is 0.846 bits per heavy atom. The van der Waals surface area contributed by atoms with Crippen LogP contribution in [0.5, 0.6) is 0 Å². The van der Waals surface area contributed by atoms with Crippen LogP contribution in [-0.2, 0) is 19.4 Å². The number of benzene rings is 2. The van der Waals surface area contributed by atoms with Crippen molar-refractivity contribution in [2.45, 2.75) is 38.1 Å². The van der Waals surface area contributed by atoms with E-state index in [2.05, 4.69) is 81.5 Å². The molecule has 0 N–H and O–H groups in total. The van der Waals surface area contributed by atoms with Crippen molar-refractivity contribution in [2.75, 3.05) is 0 Å². The Hall–Kier alpha value is -0.980. The molecule has 2 aliphatic rings. The molecule has 0 aromatic heterocycles. The third kappa shape index (κ3) is 2.90. The molecule has 1 radical (unpaired) electrons. The van der Waals surface area contributed by atoms with Gasteiger partial charge in [0.05, 0.1) is 0 Å². The van der Waals surface area contributed by atoms with Gasteiger partial charge in [0, 0.05) is 0 Å². The van der Waals surface area contributed by atoms with Crippen LogP contribution in [0.4, 0.5) is 0 Å². The fourth-order valence-electron chi connectivity index (χ4n) is 5.67. The molecule has 2 aliphatic carbocycles. The van der Waals surface area contributed by atoms with Gasteiger partial charge >= 0.3 is 166 Å². The van der Waals surface area contributed by atoms with Crippen LogP contribution < -0.4 is 0 Å². The average molecular weight is 437 g/mol. The Balaban J connectivity index is 1.86. The molecule has 26 heavy (non-hydrogen) atoms. The van der Waals surface area contributed by atoms with Gasteiger partial charge in [0.1, 0.15) is 0 Å². The molecule has 0 saturated heterocycles. The molecule has 0 bridgehead atoms. The zero-order valence-electron chi connectivity index (χ0n) is 16.3. The van der Waals surface area contributed by atoms with Gasteiger partial charge in [-0.05, 0) is 0 Å². The summed E-state index contributed by atoms with van der Waals surface area (Å²) in [5.74, 6) is 0. The summed E-state index contributed by atoms with van der Waals surface area (Å²) >= 11 is -2.53. The number of rotatable bonds is 5. The van der Waals surface area contributed by atoms with E-state index < -0.39 is 19.4 Å². The first-order chi connectivity index (χ1) is 12.6. The van der Waals surface area contributed by atoms with Gasteiger partial charge < -0.3 is 0 Å². The Morgan fingerprint density at radius 3 is 1.77 bits per heavy atom. The van der Waals surface area contributed by atoms with Crippen molar-refractivity contribution in [1.29, 1.82) is 0 Å². The van der Waals surface area contributed by atoms with Crippen LogP contribution in [0.3, 0.4) is 0 Å². The first-order valence-electron chi connectivity index (χ1n) is 9.90. The van der Waals surface area contributed by atoms with Crippen LogP contribution in [0, 0.1) is 6.92 Å².